The molecule has 4 atom stereocenters. The largest absolute Gasteiger partial charge is 0.481 e. The van der Waals surface area contributed by atoms with Gasteiger partial charge in [-0.3, -0.25) is 19.2 Å². The molecule has 10 nitrogen and oxygen atoms in total. The van der Waals surface area contributed by atoms with Crippen LogP contribution in [0.15, 0.2) is 0 Å². The Morgan fingerprint density at radius 2 is 1.70 bits per heavy atom. The standard InChI is InChI=1S/C13H18O10/c1-6(14)20-5-9-13(4-10(17)18,23-8(3)16)11(12(19)22-9)21-7(2)15/h9,11-12,19H,4-5H2,1-3H3,(H,17,18)/t9-,11+,12-,13-/m1/s1. The van der Waals surface area contributed by atoms with E-state index in [1.165, 1.54) is 0 Å². The first kappa shape index (κ1) is 18.8. The summed E-state index contributed by atoms with van der Waals surface area (Å²) >= 11 is 0. The Morgan fingerprint density at radius 3 is 2.13 bits per heavy atom. The summed E-state index contributed by atoms with van der Waals surface area (Å²) in [7, 11) is 0. The molecule has 1 heterocycles. The molecule has 23 heavy (non-hydrogen) atoms. The van der Waals surface area contributed by atoms with Crippen LogP contribution in [0.2, 0.25) is 0 Å². The van der Waals surface area contributed by atoms with Gasteiger partial charge < -0.3 is 29.2 Å². The number of aliphatic hydroxyl groups is 1. The molecule has 1 saturated heterocycles. The maximum Gasteiger partial charge on any atom is 0.307 e. The minimum absolute atomic E-state index is 0.495. The van der Waals surface area contributed by atoms with Gasteiger partial charge in [-0.15, -0.1) is 0 Å². The lowest BCUT2D eigenvalue weighted by molar-refractivity contribution is -0.193. The first-order valence-corrected chi connectivity index (χ1v) is 6.64. The molecular weight excluding hydrogens is 316 g/mol. The highest BCUT2D eigenvalue weighted by Gasteiger charge is 2.62. The lowest BCUT2D eigenvalue weighted by Crippen LogP contribution is -2.55. The number of aliphatic carboxylic acids is 1. The quantitative estimate of drug-likeness (QED) is 0.457. The number of rotatable bonds is 6. The normalized spacial score (nSPS) is 29.7. The number of carbonyl (C=O) groups excluding carboxylic acids is 3. The van der Waals surface area contributed by atoms with Gasteiger partial charge in [0.1, 0.15) is 12.7 Å². The van der Waals surface area contributed by atoms with Crippen LogP contribution in [-0.2, 0) is 38.1 Å². The van der Waals surface area contributed by atoms with Crippen LogP contribution in [0.3, 0.4) is 0 Å². The van der Waals surface area contributed by atoms with Gasteiger partial charge in [-0.25, -0.2) is 0 Å². The summed E-state index contributed by atoms with van der Waals surface area (Å²) < 4.78 is 19.8. The van der Waals surface area contributed by atoms with E-state index in [1.807, 2.05) is 0 Å². The minimum Gasteiger partial charge on any atom is -0.481 e. The second kappa shape index (κ2) is 7.38. The molecular formula is C13H18O10. The van der Waals surface area contributed by atoms with Crippen molar-refractivity contribution in [2.45, 2.75) is 51.3 Å². The van der Waals surface area contributed by atoms with Gasteiger partial charge >= 0.3 is 23.9 Å². The fraction of sp³-hybridized carbons (Fsp3) is 0.692. The Kier molecular flexibility index (Phi) is 6.05. The highest BCUT2D eigenvalue weighted by Crippen LogP contribution is 2.39. The maximum atomic E-state index is 11.4. The van der Waals surface area contributed by atoms with Crippen molar-refractivity contribution >= 4 is 23.9 Å². The molecule has 0 aromatic rings. The molecule has 2 N–H and O–H groups in total. The molecule has 1 aliphatic heterocycles. The van der Waals surface area contributed by atoms with Crippen molar-refractivity contribution in [2.75, 3.05) is 6.61 Å². The average Bonchev–Trinajstić information content (AvgIpc) is 2.59. The Hall–Kier alpha value is -2.20. The van der Waals surface area contributed by atoms with Gasteiger partial charge in [-0.1, -0.05) is 0 Å². The van der Waals surface area contributed by atoms with Gasteiger partial charge in [0, 0.05) is 20.8 Å². The van der Waals surface area contributed by atoms with Crippen LogP contribution in [-0.4, -0.2) is 64.8 Å². The number of hydrogen-bond donors (Lipinski definition) is 2. The predicted octanol–water partition coefficient (Wildman–Crippen LogP) is -1.02. The van der Waals surface area contributed by atoms with Crippen molar-refractivity contribution in [3.63, 3.8) is 0 Å². The van der Waals surface area contributed by atoms with Crippen LogP contribution in [0.4, 0.5) is 0 Å². The minimum atomic E-state index is -2.03. The monoisotopic (exact) mass is 334 g/mol. The summed E-state index contributed by atoms with van der Waals surface area (Å²) in [6, 6.07) is 0. The molecule has 10 heteroatoms. The SMILES string of the molecule is CC(=O)OC[C@H]1O[C@@H](O)[C@H](OC(C)=O)[C@]1(CC(=O)O)OC(C)=O. The highest BCUT2D eigenvalue weighted by molar-refractivity contribution is 5.72. The van der Waals surface area contributed by atoms with Crippen molar-refractivity contribution in [2.24, 2.45) is 0 Å². The molecule has 1 rings (SSSR count). The third-order valence-corrected chi connectivity index (χ3v) is 3.08. The van der Waals surface area contributed by atoms with Crippen LogP contribution in [0.5, 0.6) is 0 Å². The van der Waals surface area contributed by atoms with E-state index in [4.69, 9.17) is 24.1 Å². The molecule has 0 radical (unpaired) electrons. The van der Waals surface area contributed by atoms with Crippen molar-refractivity contribution in [3.8, 4) is 0 Å². The number of esters is 3. The molecule has 0 aliphatic carbocycles. The van der Waals surface area contributed by atoms with Gasteiger partial charge in [0.25, 0.3) is 0 Å². The number of aliphatic hydroxyl groups excluding tert-OH is 1. The second-order valence-corrected chi connectivity index (χ2v) is 4.97. The molecule has 1 aliphatic rings. The first-order valence-electron chi connectivity index (χ1n) is 6.64. The number of carbonyl (C=O) groups is 4. The highest BCUT2D eigenvalue weighted by atomic mass is 16.7. The van der Waals surface area contributed by atoms with Crippen LogP contribution in [0, 0.1) is 0 Å². The molecule has 0 unspecified atom stereocenters. The summed E-state index contributed by atoms with van der Waals surface area (Å²) in [6.45, 7) is 2.66. The van der Waals surface area contributed by atoms with Crippen molar-refractivity contribution in [1.82, 2.24) is 0 Å². The van der Waals surface area contributed by atoms with Gasteiger partial charge in [0.2, 0.25) is 0 Å². The van der Waals surface area contributed by atoms with Gasteiger partial charge in [-0.2, -0.15) is 0 Å². The van der Waals surface area contributed by atoms with Crippen molar-refractivity contribution < 1.29 is 48.3 Å². The van der Waals surface area contributed by atoms with E-state index in [2.05, 4.69) is 0 Å². The zero-order valence-corrected chi connectivity index (χ0v) is 12.8. The molecule has 0 amide bonds. The second-order valence-electron chi connectivity index (χ2n) is 4.97. The van der Waals surface area contributed by atoms with E-state index in [0.29, 0.717) is 0 Å². The van der Waals surface area contributed by atoms with Gasteiger partial charge in [0.05, 0.1) is 6.42 Å². The summed E-state index contributed by atoms with van der Waals surface area (Å²) in [6.07, 6.45) is -5.49. The van der Waals surface area contributed by atoms with Crippen LogP contribution < -0.4 is 0 Å². The molecule has 0 saturated carbocycles. The lowest BCUT2D eigenvalue weighted by atomic mass is 9.88. The molecule has 0 aromatic heterocycles. The Labute approximate surface area is 131 Å². The summed E-state index contributed by atoms with van der Waals surface area (Å²) in [5.41, 5.74) is -2.03. The van der Waals surface area contributed by atoms with E-state index >= 15 is 0 Å². The first-order chi connectivity index (χ1) is 10.6. The van der Waals surface area contributed by atoms with E-state index in [0.717, 1.165) is 20.8 Å². The Bertz CT molecular complexity index is 483. The van der Waals surface area contributed by atoms with Gasteiger partial charge in [-0.05, 0) is 0 Å². The van der Waals surface area contributed by atoms with E-state index in [9.17, 15) is 24.3 Å². The zero-order valence-electron chi connectivity index (χ0n) is 12.8. The van der Waals surface area contributed by atoms with Crippen LogP contribution in [0.1, 0.15) is 27.2 Å². The summed E-state index contributed by atoms with van der Waals surface area (Å²) in [5.74, 6) is -3.80. The van der Waals surface area contributed by atoms with E-state index in [1.54, 1.807) is 0 Å². The smallest absolute Gasteiger partial charge is 0.307 e. The number of hydrogen-bond acceptors (Lipinski definition) is 9. The van der Waals surface area contributed by atoms with Crippen LogP contribution in [0.25, 0.3) is 0 Å². The summed E-state index contributed by atoms with van der Waals surface area (Å²) in [5, 5.41) is 19.0. The van der Waals surface area contributed by atoms with Crippen molar-refractivity contribution in [1.29, 1.82) is 0 Å². The number of ether oxygens (including phenoxy) is 4. The summed E-state index contributed by atoms with van der Waals surface area (Å²) in [4.78, 5) is 44.8. The third kappa shape index (κ3) is 4.63. The zero-order chi connectivity index (χ0) is 17.8. The molecule has 0 bridgehead atoms. The molecule has 130 valence electrons. The Balaban J connectivity index is 3.24. The topological polar surface area (TPSA) is 146 Å². The van der Waals surface area contributed by atoms with E-state index < -0.39 is 61.0 Å². The third-order valence-electron chi connectivity index (χ3n) is 3.08. The molecule has 0 aromatic carbocycles. The van der Waals surface area contributed by atoms with Crippen molar-refractivity contribution in [3.05, 3.63) is 0 Å². The average molecular weight is 334 g/mol. The van der Waals surface area contributed by atoms with E-state index in [-0.39, 0.29) is 0 Å². The van der Waals surface area contributed by atoms with Gasteiger partial charge in [0.15, 0.2) is 18.0 Å². The molecule has 0 spiro atoms. The number of carboxylic acid groups (broad SMARTS) is 1. The van der Waals surface area contributed by atoms with Crippen LogP contribution >= 0.6 is 0 Å². The molecule has 1 fully saturated rings. The lowest BCUT2D eigenvalue weighted by Gasteiger charge is -2.35. The fourth-order valence-electron chi connectivity index (χ4n) is 2.37. The number of carboxylic acids is 1. The predicted molar refractivity (Wildman–Crippen MR) is 69.8 cm³/mol. The maximum absolute atomic E-state index is 11.4. The fourth-order valence-corrected chi connectivity index (χ4v) is 2.37. The Morgan fingerprint density at radius 1 is 1.09 bits per heavy atom.